The Balaban J connectivity index is 1.73. The molecular formula is C16H22N2O4. The number of anilines is 1. The van der Waals surface area contributed by atoms with Crippen molar-refractivity contribution in [1.29, 1.82) is 0 Å². The number of ether oxygens (including phenoxy) is 2. The van der Waals surface area contributed by atoms with Gasteiger partial charge in [-0.15, -0.1) is 0 Å². The van der Waals surface area contributed by atoms with Crippen LogP contribution >= 0.6 is 0 Å². The van der Waals surface area contributed by atoms with Gasteiger partial charge in [-0.3, -0.25) is 9.59 Å². The minimum atomic E-state index is -0.234. The smallest absolute Gasteiger partial charge is 0.305 e. The van der Waals surface area contributed by atoms with Crippen LogP contribution in [0.3, 0.4) is 0 Å². The van der Waals surface area contributed by atoms with E-state index in [0.29, 0.717) is 25.2 Å². The SMILES string of the molecule is COC(=O)CCCOc1ccc(NC(=O)C2CCCN2)cc1. The van der Waals surface area contributed by atoms with Gasteiger partial charge in [-0.2, -0.15) is 0 Å². The Bertz CT molecular complexity index is 495. The molecule has 0 aromatic heterocycles. The highest BCUT2D eigenvalue weighted by atomic mass is 16.5. The van der Waals surface area contributed by atoms with E-state index >= 15 is 0 Å². The molecule has 0 saturated carbocycles. The van der Waals surface area contributed by atoms with Crippen LogP contribution in [0.4, 0.5) is 5.69 Å². The van der Waals surface area contributed by atoms with Gasteiger partial charge in [-0.1, -0.05) is 0 Å². The second-order valence-electron chi connectivity index (χ2n) is 5.19. The Morgan fingerprint density at radius 3 is 2.73 bits per heavy atom. The summed E-state index contributed by atoms with van der Waals surface area (Å²) >= 11 is 0. The van der Waals surface area contributed by atoms with E-state index in [-0.39, 0.29) is 17.9 Å². The van der Waals surface area contributed by atoms with Crippen LogP contribution in [0.5, 0.6) is 5.75 Å². The number of esters is 1. The zero-order valence-electron chi connectivity index (χ0n) is 12.8. The van der Waals surface area contributed by atoms with Gasteiger partial charge < -0.3 is 20.1 Å². The first-order valence-corrected chi connectivity index (χ1v) is 7.53. The number of hydrogen-bond donors (Lipinski definition) is 2. The van der Waals surface area contributed by atoms with Crippen molar-refractivity contribution in [1.82, 2.24) is 5.32 Å². The van der Waals surface area contributed by atoms with Crippen LogP contribution < -0.4 is 15.4 Å². The Morgan fingerprint density at radius 2 is 2.09 bits per heavy atom. The van der Waals surface area contributed by atoms with E-state index in [4.69, 9.17) is 4.74 Å². The fourth-order valence-corrected chi connectivity index (χ4v) is 2.28. The van der Waals surface area contributed by atoms with Crippen LogP contribution in [-0.2, 0) is 14.3 Å². The third-order valence-electron chi connectivity index (χ3n) is 3.52. The minimum absolute atomic E-state index is 0.00393. The van der Waals surface area contributed by atoms with Gasteiger partial charge in [-0.25, -0.2) is 0 Å². The Hall–Kier alpha value is -2.08. The van der Waals surface area contributed by atoms with Gasteiger partial charge >= 0.3 is 5.97 Å². The molecule has 1 heterocycles. The summed E-state index contributed by atoms with van der Waals surface area (Å²) in [6.07, 6.45) is 2.88. The fraction of sp³-hybridized carbons (Fsp3) is 0.500. The van der Waals surface area contributed by atoms with Crippen LogP contribution in [0.1, 0.15) is 25.7 Å². The molecule has 120 valence electrons. The van der Waals surface area contributed by atoms with E-state index in [9.17, 15) is 9.59 Å². The van der Waals surface area contributed by atoms with Crippen LogP contribution in [-0.4, -0.2) is 38.2 Å². The van der Waals surface area contributed by atoms with Crippen molar-refractivity contribution < 1.29 is 19.1 Å². The van der Waals surface area contributed by atoms with Crippen LogP contribution in [0.25, 0.3) is 0 Å². The molecule has 1 atom stereocenters. The number of nitrogens with one attached hydrogen (secondary N) is 2. The van der Waals surface area contributed by atoms with Gasteiger partial charge in [-0.05, 0) is 50.1 Å². The summed E-state index contributed by atoms with van der Waals surface area (Å²) in [5.41, 5.74) is 0.751. The average Bonchev–Trinajstić information content (AvgIpc) is 3.07. The maximum Gasteiger partial charge on any atom is 0.305 e. The minimum Gasteiger partial charge on any atom is -0.494 e. The number of rotatable bonds is 7. The highest BCUT2D eigenvalue weighted by Gasteiger charge is 2.21. The summed E-state index contributed by atoms with van der Waals surface area (Å²) in [7, 11) is 1.37. The first-order chi connectivity index (χ1) is 10.7. The first kappa shape index (κ1) is 16.3. The summed E-state index contributed by atoms with van der Waals surface area (Å²) in [5, 5.41) is 6.04. The maximum absolute atomic E-state index is 12.0. The molecule has 0 spiro atoms. The number of benzene rings is 1. The molecule has 1 saturated heterocycles. The molecule has 22 heavy (non-hydrogen) atoms. The van der Waals surface area contributed by atoms with Gasteiger partial charge in [0.1, 0.15) is 5.75 Å². The Morgan fingerprint density at radius 1 is 1.32 bits per heavy atom. The lowest BCUT2D eigenvalue weighted by Crippen LogP contribution is -2.35. The summed E-state index contributed by atoms with van der Waals surface area (Å²) in [5.74, 6) is 0.480. The molecule has 0 aliphatic carbocycles. The van der Waals surface area contributed by atoms with Crippen molar-refractivity contribution >= 4 is 17.6 Å². The molecule has 0 bridgehead atoms. The molecule has 1 fully saturated rings. The predicted molar refractivity (Wildman–Crippen MR) is 82.8 cm³/mol. The number of methoxy groups -OCH3 is 1. The van der Waals surface area contributed by atoms with E-state index in [2.05, 4.69) is 15.4 Å². The monoisotopic (exact) mass is 306 g/mol. The molecule has 1 aliphatic rings. The van der Waals surface area contributed by atoms with E-state index in [1.807, 2.05) is 12.1 Å². The molecule has 2 rings (SSSR count). The zero-order chi connectivity index (χ0) is 15.8. The van der Waals surface area contributed by atoms with Crippen molar-refractivity contribution in [2.24, 2.45) is 0 Å². The van der Waals surface area contributed by atoms with Gasteiger partial charge in [0.25, 0.3) is 0 Å². The van der Waals surface area contributed by atoms with Crippen molar-refractivity contribution in [2.45, 2.75) is 31.7 Å². The van der Waals surface area contributed by atoms with Gasteiger partial charge in [0.05, 0.1) is 19.8 Å². The number of carbonyl (C=O) groups excluding carboxylic acids is 2. The maximum atomic E-state index is 12.0. The third-order valence-corrected chi connectivity index (χ3v) is 3.52. The first-order valence-electron chi connectivity index (χ1n) is 7.53. The van der Waals surface area contributed by atoms with Crippen LogP contribution in [0, 0.1) is 0 Å². The average molecular weight is 306 g/mol. The highest BCUT2D eigenvalue weighted by Crippen LogP contribution is 2.17. The molecular weight excluding hydrogens is 284 g/mol. The summed E-state index contributed by atoms with van der Waals surface area (Å²) < 4.78 is 10.1. The van der Waals surface area contributed by atoms with Gasteiger partial charge in [0.15, 0.2) is 0 Å². The van der Waals surface area contributed by atoms with Crippen molar-refractivity contribution in [3.8, 4) is 5.75 Å². The molecule has 6 nitrogen and oxygen atoms in total. The molecule has 1 amide bonds. The normalized spacial score (nSPS) is 17.0. The molecule has 1 aliphatic heterocycles. The van der Waals surface area contributed by atoms with E-state index in [0.717, 1.165) is 25.1 Å². The van der Waals surface area contributed by atoms with Gasteiger partial charge in [0, 0.05) is 12.1 Å². The number of carbonyl (C=O) groups is 2. The third kappa shape index (κ3) is 5.04. The second kappa shape index (κ2) is 8.38. The quantitative estimate of drug-likeness (QED) is 0.592. The largest absolute Gasteiger partial charge is 0.494 e. The lowest BCUT2D eigenvalue weighted by molar-refractivity contribution is -0.140. The molecule has 6 heteroatoms. The van der Waals surface area contributed by atoms with E-state index in [1.54, 1.807) is 12.1 Å². The van der Waals surface area contributed by atoms with E-state index in [1.165, 1.54) is 7.11 Å². The lowest BCUT2D eigenvalue weighted by Gasteiger charge is -2.11. The van der Waals surface area contributed by atoms with Crippen molar-refractivity contribution in [3.63, 3.8) is 0 Å². The highest BCUT2D eigenvalue weighted by molar-refractivity contribution is 5.95. The summed E-state index contributed by atoms with van der Waals surface area (Å²) in [4.78, 5) is 22.9. The van der Waals surface area contributed by atoms with Crippen molar-refractivity contribution in [2.75, 3.05) is 25.6 Å². The standard InChI is InChI=1S/C16H22N2O4/c1-21-15(19)5-3-11-22-13-8-6-12(7-9-13)18-16(20)14-4-2-10-17-14/h6-9,14,17H,2-5,10-11H2,1H3,(H,18,20). The summed E-state index contributed by atoms with van der Waals surface area (Å²) in [6, 6.07) is 7.13. The molecule has 0 radical (unpaired) electrons. The summed E-state index contributed by atoms with van der Waals surface area (Å²) in [6.45, 7) is 1.35. The van der Waals surface area contributed by atoms with Crippen molar-refractivity contribution in [3.05, 3.63) is 24.3 Å². The second-order valence-corrected chi connectivity index (χ2v) is 5.19. The number of hydrogen-bond acceptors (Lipinski definition) is 5. The Labute approximate surface area is 130 Å². The molecule has 1 unspecified atom stereocenters. The molecule has 1 aromatic rings. The molecule has 1 aromatic carbocycles. The number of amides is 1. The van der Waals surface area contributed by atoms with Crippen LogP contribution in [0.15, 0.2) is 24.3 Å². The topological polar surface area (TPSA) is 76.7 Å². The Kier molecular flexibility index (Phi) is 6.21. The zero-order valence-corrected chi connectivity index (χ0v) is 12.8. The van der Waals surface area contributed by atoms with Crippen LogP contribution in [0.2, 0.25) is 0 Å². The van der Waals surface area contributed by atoms with E-state index < -0.39 is 0 Å². The fourth-order valence-electron chi connectivity index (χ4n) is 2.28. The molecule has 2 N–H and O–H groups in total. The predicted octanol–water partition coefficient (Wildman–Crippen LogP) is 1.71. The lowest BCUT2D eigenvalue weighted by atomic mass is 10.2. The van der Waals surface area contributed by atoms with Gasteiger partial charge in [0.2, 0.25) is 5.91 Å².